The van der Waals surface area contributed by atoms with Gasteiger partial charge in [0.15, 0.2) is 0 Å². The SMILES string of the molecule is CCOC(=O)c1cnc(NC2(c3ccc(F)cc3F)CCC2)nc1. The minimum Gasteiger partial charge on any atom is -0.462 e. The number of hydrogen-bond donors (Lipinski definition) is 1. The third kappa shape index (κ3) is 3.06. The summed E-state index contributed by atoms with van der Waals surface area (Å²) in [5, 5.41) is 3.13. The molecule has 1 aliphatic rings. The van der Waals surface area contributed by atoms with Gasteiger partial charge in [-0.15, -0.1) is 0 Å². The van der Waals surface area contributed by atoms with E-state index in [0.717, 1.165) is 12.5 Å². The summed E-state index contributed by atoms with van der Waals surface area (Å²) in [7, 11) is 0. The molecule has 126 valence electrons. The first-order valence-electron chi connectivity index (χ1n) is 7.77. The van der Waals surface area contributed by atoms with E-state index in [-0.39, 0.29) is 18.1 Å². The Kier molecular flexibility index (Phi) is 4.42. The van der Waals surface area contributed by atoms with Crippen LogP contribution in [0, 0.1) is 11.6 Å². The Balaban J connectivity index is 1.81. The van der Waals surface area contributed by atoms with Crippen molar-refractivity contribution in [2.24, 2.45) is 0 Å². The van der Waals surface area contributed by atoms with E-state index in [4.69, 9.17) is 4.74 Å². The third-order valence-electron chi connectivity index (χ3n) is 4.17. The molecule has 1 aromatic carbocycles. The normalized spacial score (nSPS) is 15.5. The van der Waals surface area contributed by atoms with E-state index < -0.39 is 23.1 Å². The summed E-state index contributed by atoms with van der Waals surface area (Å²) in [6.45, 7) is 1.98. The number of carbonyl (C=O) groups is 1. The quantitative estimate of drug-likeness (QED) is 0.850. The second-order valence-corrected chi connectivity index (χ2v) is 5.70. The largest absolute Gasteiger partial charge is 0.462 e. The summed E-state index contributed by atoms with van der Waals surface area (Å²) in [6.07, 6.45) is 5.03. The van der Waals surface area contributed by atoms with Gasteiger partial charge in [0, 0.05) is 24.0 Å². The monoisotopic (exact) mass is 333 g/mol. The van der Waals surface area contributed by atoms with Crippen LogP contribution in [-0.4, -0.2) is 22.5 Å². The van der Waals surface area contributed by atoms with Gasteiger partial charge in [0.05, 0.1) is 17.7 Å². The zero-order valence-electron chi connectivity index (χ0n) is 13.2. The lowest BCUT2D eigenvalue weighted by Crippen LogP contribution is -2.43. The van der Waals surface area contributed by atoms with Crippen LogP contribution in [0.25, 0.3) is 0 Å². The summed E-state index contributed by atoms with van der Waals surface area (Å²) in [6, 6.07) is 3.57. The van der Waals surface area contributed by atoms with Crippen molar-refractivity contribution in [3.8, 4) is 0 Å². The molecule has 0 radical (unpaired) electrons. The number of ether oxygens (including phenoxy) is 1. The maximum absolute atomic E-state index is 14.1. The van der Waals surface area contributed by atoms with Crippen LogP contribution in [0.15, 0.2) is 30.6 Å². The molecule has 1 heterocycles. The lowest BCUT2D eigenvalue weighted by atomic mass is 9.71. The van der Waals surface area contributed by atoms with Crippen molar-refractivity contribution in [3.63, 3.8) is 0 Å². The summed E-state index contributed by atoms with van der Waals surface area (Å²) in [4.78, 5) is 19.8. The molecule has 24 heavy (non-hydrogen) atoms. The van der Waals surface area contributed by atoms with Crippen LogP contribution >= 0.6 is 0 Å². The van der Waals surface area contributed by atoms with Gasteiger partial charge < -0.3 is 10.1 Å². The van der Waals surface area contributed by atoms with Gasteiger partial charge in [0.2, 0.25) is 5.95 Å². The molecule has 0 bridgehead atoms. The summed E-state index contributed by atoms with van der Waals surface area (Å²) in [5.74, 6) is -1.41. The Bertz CT molecular complexity index is 746. The Morgan fingerprint density at radius 1 is 1.29 bits per heavy atom. The van der Waals surface area contributed by atoms with Crippen molar-refractivity contribution < 1.29 is 18.3 Å². The van der Waals surface area contributed by atoms with Crippen LogP contribution in [0.2, 0.25) is 0 Å². The highest BCUT2D eigenvalue weighted by Gasteiger charge is 2.41. The van der Waals surface area contributed by atoms with Gasteiger partial charge in [-0.2, -0.15) is 0 Å². The maximum atomic E-state index is 14.1. The van der Waals surface area contributed by atoms with E-state index in [1.165, 1.54) is 24.5 Å². The number of benzene rings is 1. The molecule has 7 heteroatoms. The second kappa shape index (κ2) is 6.51. The average molecular weight is 333 g/mol. The number of anilines is 1. The van der Waals surface area contributed by atoms with E-state index >= 15 is 0 Å². The smallest absolute Gasteiger partial charge is 0.341 e. The molecule has 5 nitrogen and oxygen atoms in total. The molecule has 1 N–H and O–H groups in total. The fourth-order valence-corrected chi connectivity index (χ4v) is 2.80. The van der Waals surface area contributed by atoms with Crippen LogP contribution in [0.3, 0.4) is 0 Å². The number of carbonyl (C=O) groups excluding carboxylic acids is 1. The van der Waals surface area contributed by atoms with Crippen molar-refractivity contribution in [1.82, 2.24) is 9.97 Å². The Labute approximate surface area is 138 Å². The molecular weight excluding hydrogens is 316 g/mol. The topological polar surface area (TPSA) is 64.1 Å². The molecule has 1 saturated carbocycles. The van der Waals surface area contributed by atoms with Crippen molar-refractivity contribution in [3.05, 3.63) is 53.4 Å². The fourth-order valence-electron chi connectivity index (χ4n) is 2.80. The minimum absolute atomic E-state index is 0.248. The maximum Gasteiger partial charge on any atom is 0.341 e. The molecule has 1 fully saturated rings. The summed E-state index contributed by atoms with van der Waals surface area (Å²) < 4.78 is 32.2. The molecular formula is C17H17F2N3O2. The lowest BCUT2D eigenvalue weighted by Gasteiger charge is -2.43. The molecule has 0 atom stereocenters. The van der Waals surface area contributed by atoms with Crippen LogP contribution in [0.4, 0.5) is 14.7 Å². The highest BCUT2D eigenvalue weighted by atomic mass is 19.1. The number of esters is 1. The molecule has 0 unspecified atom stereocenters. The molecule has 0 aliphatic heterocycles. The van der Waals surface area contributed by atoms with Gasteiger partial charge in [-0.25, -0.2) is 23.5 Å². The predicted molar refractivity (Wildman–Crippen MR) is 83.5 cm³/mol. The fraction of sp³-hybridized carbons (Fsp3) is 0.353. The van der Waals surface area contributed by atoms with Crippen molar-refractivity contribution in [1.29, 1.82) is 0 Å². The highest BCUT2D eigenvalue weighted by Crippen LogP contribution is 2.44. The van der Waals surface area contributed by atoms with Crippen LogP contribution in [0.1, 0.15) is 42.1 Å². The van der Waals surface area contributed by atoms with Crippen molar-refractivity contribution >= 4 is 11.9 Å². The van der Waals surface area contributed by atoms with E-state index in [9.17, 15) is 13.6 Å². The van der Waals surface area contributed by atoms with Crippen LogP contribution < -0.4 is 5.32 Å². The highest BCUT2D eigenvalue weighted by molar-refractivity contribution is 5.88. The predicted octanol–water partition coefficient (Wildman–Crippen LogP) is 3.42. The van der Waals surface area contributed by atoms with E-state index in [0.29, 0.717) is 18.4 Å². The zero-order chi connectivity index (χ0) is 17.2. The molecule has 0 saturated heterocycles. The van der Waals surface area contributed by atoms with Crippen molar-refractivity contribution in [2.45, 2.75) is 31.7 Å². The number of nitrogens with one attached hydrogen (secondary N) is 1. The molecule has 0 amide bonds. The molecule has 3 rings (SSSR count). The first-order valence-corrected chi connectivity index (χ1v) is 7.77. The Morgan fingerprint density at radius 3 is 2.54 bits per heavy atom. The Hall–Kier alpha value is -2.57. The zero-order valence-corrected chi connectivity index (χ0v) is 13.2. The summed E-state index contributed by atoms with van der Waals surface area (Å²) >= 11 is 0. The van der Waals surface area contributed by atoms with Crippen LogP contribution in [0.5, 0.6) is 0 Å². The van der Waals surface area contributed by atoms with E-state index in [1.54, 1.807) is 6.92 Å². The summed E-state index contributed by atoms with van der Waals surface area (Å²) in [5.41, 5.74) is -0.00491. The van der Waals surface area contributed by atoms with Crippen LogP contribution in [-0.2, 0) is 10.3 Å². The lowest BCUT2D eigenvalue weighted by molar-refractivity contribution is 0.0525. The van der Waals surface area contributed by atoms with Gasteiger partial charge in [0.1, 0.15) is 11.6 Å². The number of rotatable bonds is 5. The van der Waals surface area contributed by atoms with E-state index in [1.807, 2.05) is 0 Å². The first-order chi connectivity index (χ1) is 11.5. The molecule has 1 aliphatic carbocycles. The van der Waals surface area contributed by atoms with Gasteiger partial charge >= 0.3 is 5.97 Å². The van der Waals surface area contributed by atoms with Gasteiger partial charge in [-0.05, 0) is 32.3 Å². The molecule has 1 aromatic heterocycles. The minimum atomic E-state index is -0.650. The third-order valence-corrected chi connectivity index (χ3v) is 4.17. The standard InChI is InChI=1S/C17H17F2N3O2/c1-2-24-15(23)11-9-20-16(21-10-11)22-17(6-3-7-17)13-5-4-12(18)8-14(13)19/h4-5,8-10H,2-3,6-7H2,1H3,(H,20,21,22). The van der Waals surface area contributed by atoms with E-state index in [2.05, 4.69) is 15.3 Å². The second-order valence-electron chi connectivity index (χ2n) is 5.70. The first kappa shape index (κ1) is 16.3. The van der Waals surface area contributed by atoms with Gasteiger partial charge in [-0.3, -0.25) is 0 Å². The molecule has 2 aromatic rings. The number of hydrogen-bond acceptors (Lipinski definition) is 5. The molecule has 0 spiro atoms. The average Bonchev–Trinajstić information content (AvgIpc) is 2.52. The number of aromatic nitrogens is 2. The van der Waals surface area contributed by atoms with Crippen molar-refractivity contribution in [2.75, 3.05) is 11.9 Å². The van der Waals surface area contributed by atoms with Gasteiger partial charge in [0.25, 0.3) is 0 Å². The number of nitrogens with zero attached hydrogens (tertiary/aromatic N) is 2. The van der Waals surface area contributed by atoms with Gasteiger partial charge in [-0.1, -0.05) is 6.07 Å². The number of halogens is 2. The Morgan fingerprint density at radius 2 is 2.00 bits per heavy atom.